The van der Waals surface area contributed by atoms with Gasteiger partial charge in [-0.05, 0) is 57.0 Å². The summed E-state index contributed by atoms with van der Waals surface area (Å²) in [5.41, 5.74) is 5.53. The zero-order valence-electron chi connectivity index (χ0n) is 35.7. The number of carboxylic acids is 4. The number of nitrogens with one attached hydrogen (secondary N) is 7. The topological polar surface area (TPSA) is 399 Å². The van der Waals surface area contributed by atoms with Crippen LogP contribution in [-0.2, 0) is 52.7 Å². The van der Waals surface area contributed by atoms with E-state index in [1.165, 1.54) is 18.7 Å². The van der Waals surface area contributed by atoms with E-state index in [1.54, 1.807) is 34.0 Å². The predicted octanol–water partition coefficient (Wildman–Crippen LogP) is -3.15. The highest BCUT2D eigenvalue weighted by Crippen LogP contribution is 2.13. The first-order chi connectivity index (χ1) is 28.8. The lowest BCUT2D eigenvalue weighted by Crippen LogP contribution is -2.62. The Balaban J connectivity index is 6.55. The quantitative estimate of drug-likeness (QED) is 0.0338. The number of carbonyl (C=O) groups is 11. The van der Waals surface area contributed by atoms with Crippen LogP contribution >= 0.6 is 11.8 Å². The summed E-state index contributed by atoms with van der Waals surface area (Å²) in [7, 11) is 0. The predicted molar refractivity (Wildman–Crippen MR) is 220 cm³/mol. The molecule has 352 valence electrons. The maximum Gasteiger partial charge on any atom is 0.326 e. The second kappa shape index (κ2) is 28.1. The van der Waals surface area contributed by atoms with E-state index in [-0.39, 0.29) is 12.8 Å². The molecule has 0 saturated heterocycles. The fourth-order valence-corrected chi connectivity index (χ4v) is 5.92. The normalized spacial score (nSPS) is 15.9. The first-order valence-electron chi connectivity index (χ1n) is 19.7. The smallest absolute Gasteiger partial charge is 0.326 e. The molecule has 0 aliphatic carbocycles. The molecule has 0 aliphatic rings. The summed E-state index contributed by atoms with van der Waals surface area (Å²) < 4.78 is 0. The largest absolute Gasteiger partial charge is 0.481 e. The molecule has 10 atom stereocenters. The SMILES string of the molecule is CC[C@H](C)[C@H](NC(=O)[C@H](CCC(=O)O)NC(=O)[C@H](CCC(=O)O)NC(=O)[C@@H](NC(=O)[C@H](C)N)[C@@H](C)O)C(=O)N[C@H](C(=O)N[C@@H](CCSC)C(=O)N[C@@H](CC(=O)O)C(=O)O)C(C)C. The van der Waals surface area contributed by atoms with Crippen molar-refractivity contribution in [1.29, 1.82) is 0 Å². The van der Waals surface area contributed by atoms with E-state index in [4.69, 9.17) is 10.8 Å². The first-order valence-corrected chi connectivity index (χ1v) is 21.1. The Labute approximate surface area is 362 Å². The molecule has 0 rings (SSSR count). The van der Waals surface area contributed by atoms with Crippen LogP contribution in [0.4, 0.5) is 0 Å². The number of nitrogens with two attached hydrogens (primary N) is 1. The molecule has 24 nitrogen and oxygen atoms in total. The van der Waals surface area contributed by atoms with Gasteiger partial charge in [0.25, 0.3) is 0 Å². The molecule has 0 bridgehead atoms. The lowest BCUT2D eigenvalue weighted by molar-refractivity contribution is -0.147. The molecule has 14 N–H and O–H groups in total. The van der Waals surface area contributed by atoms with E-state index in [2.05, 4.69) is 37.2 Å². The second-order valence-electron chi connectivity index (χ2n) is 14.9. The van der Waals surface area contributed by atoms with Crippen LogP contribution in [0, 0.1) is 11.8 Å². The molecule has 0 spiro atoms. The molecule has 0 aliphatic heterocycles. The highest BCUT2D eigenvalue weighted by atomic mass is 32.2. The summed E-state index contributed by atoms with van der Waals surface area (Å²) in [4.78, 5) is 139. The average Bonchev–Trinajstić information content (AvgIpc) is 3.17. The van der Waals surface area contributed by atoms with Crippen molar-refractivity contribution in [3.05, 3.63) is 0 Å². The number of amides is 7. The number of aliphatic hydroxyl groups is 1. The number of aliphatic hydroxyl groups excluding tert-OH is 1. The number of hydrogen-bond acceptors (Lipinski definition) is 14. The fourth-order valence-electron chi connectivity index (χ4n) is 5.44. The van der Waals surface area contributed by atoms with Gasteiger partial charge in [0.15, 0.2) is 0 Å². The van der Waals surface area contributed by atoms with E-state index in [1.807, 2.05) is 0 Å². The minimum absolute atomic E-state index is 0.0158. The van der Waals surface area contributed by atoms with Crippen molar-refractivity contribution in [2.45, 2.75) is 141 Å². The van der Waals surface area contributed by atoms with Crippen LogP contribution in [-0.4, -0.2) is 157 Å². The van der Waals surface area contributed by atoms with Crippen molar-refractivity contribution in [3.8, 4) is 0 Å². The van der Waals surface area contributed by atoms with Gasteiger partial charge in [0.2, 0.25) is 41.4 Å². The van der Waals surface area contributed by atoms with E-state index < -0.39 is 164 Å². The molecule has 0 aromatic carbocycles. The van der Waals surface area contributed by atoms with E-state index >= 15 is 0 Å². The number of rotatable bonds is 30. The molecule has 0 fully saturated rings. The first kappa shape index (κ1) is 56.4. The Bertz CT molecular complexity index is 1610. The van der Waals surface area contributed by atoms with Gasteiger partial charge in [0, 0.05) is 12.8 Å². The minimum atomic E-state index is -1.81. The summed E-state index contributed by atoms with van der Waals surface area (Å²) in [5, 5.41) is 63.7. The van der Waals surface area contributed by atoms with Crippen LogP contribution in [0.2, 0.25) is 0 Å². The molecule has 25 heteroatoms. The summed E-state index contributed by atoms with van der Waals surface area (Å²) in [5.74, 6) is -13.9. The Morgan fingerprint density at radius 1 is 0.516 bits per heavy atom. The molecule has 0 radical (unpaired) electrons. The lowest BCUT2D eigenvalue weighted by Gasteiger charge is -2.30. The summed E-state index contributed by atoms with van der Waals surface area (Å²) in [6.45, 7) is 8.80. The molecular weight excluding hydrogens is 845 g/mol. The van der Waals surface area contributed by atoms with Gasteiger partial charge >= 0.3 is 23.9 Å². The summed E-state index contributed by atoms with van der Waals surface area (Å²) >= 11 is 1.29. The molecule has 0 saturated carbocycles. The van der Waals surface area contributed by atoms with E-state index in [0.29, 0.717) is 5.75 Å². The monoisotopic (exact) mass is 906 g/mol. The van der Waals surface area contributed by atoms with Gasteiger partial charge in [-0.3, -0.25) is 47.9 Å². The van der Waals surface area contributed by atoms with Crippen LogP contribution in [0.1, 0.15) is 86.5 Å². The summed E-state index contributed by atoms with van der Waals surface area (Å²) in [6.07, 6.45) is -3.02. The number of carbonyl (C=O) groups excluding carboxylic acids is 7. The molecule has 0 aromatic rings. The summed E-state index contributed by atoms with van der Waals surface area (Å²) in [6, 6.07) is -12.1. The van der Waals surface area contributed by atoms with E-state index in [0.717, 1.165) is 6.92 Å². The number of aliphatic carboxylic acids is 4. The Kier molecular flexibility index (Phi) is 25.6. The van der Waals surface area contributed by atoms with Crippen LogP contribution in [0.3, 0.4) is 0 Å². The third kappa shape index (κ3) is 20.8. The molecule has 7 amide bonds. The standard InChI is InChI=1S/C37H62N8O16S/c1-8-17(4)28(35(58)43-27(16(2)3)34(57)41-22(13-14-62-7)32(55)42-23(37(60)61)15-26(51)52)44-33(56)21(10-12-25(49)50)39-31(54)20(9-11-24(47)48)40-36(59)29(19(6)46)45-30(53)18(5)38/h16-23,27-29,46H,8-15,38H2,1-7H3,(H,39,54)(H,40,59)(H,41,57)(H,42,55)(H,43,58)(H,44,56)(H,45,53)(H,47,48)(H,49,50)(H,51,52)(H,60,61)/t17-,18-,19+,20-,21-,22-,23-,27-,28-,29-/m0/s1. The van der Waals surface area contributed by atoms with Crippen LogP contribution in [0.25, 0.3) is 0 Å². The highest BCUT2D eigenvalue weighted by molar-refractivity contribution is 7.98. The molecule has 0 aromatic heterocycles. The van der Waals surface area contributed by atoms with Crippen molar-refractivity contribution in [2.75, 3.05) is 12.0 Å². The Morgan fingerprint density at radius 2 is 0.903 bits per heavy atom. The third-order valence-electron chi connectivity index (χ3n) is 9.31. The van der Waals surface area contributed by atoms with Crippen LogP contribution < -0.4 is 43.0 Å². The van der Waals surface area contributed by atoms with Crippen LogP contribution in [0.5, 0.6) is 0 Å². The van der Waals surface area contributed by atoms with E-state index in [9.17, 15) is 73.2 Å². The van der Waals surface area contributed by atoms with Gasteiger partial charge in [0.05, 0.1) is 18.6 Å². The maximum absolute atomic E-state index is 13.9. The minimum Gasteiger partial charge on any atom is -0.481 e. The highest BCUT2D eigenvalue weighted by Gasteiger charge is 2.37. The molecule has 62 heavy (non-hydrogen) atoms. The third-order valence-corrected chi connectivity index (χ3v) is 9.96. The van der Waals surface area contributed by atoms with Crippen molar-refractivity contribution >= 4 is 77.0 Å². The zero-order chi connectivity index (χ0) is 48.0. The lowest BCUT2D eigenvalue weighted by atomic mass is 9.95. The number of carboxylic acid groups (broad SMARTS) is 4. The van der Waals surface area contributed by atoms with Crippen molar-refractivity contribution in [2.24, 2.45) is 17.6 Å². The number of thioether (sulfide) groups is 1. The van der Waals surface area contributed by atoms with Gasteiger partial charge in [-0.2, -0.15) is 11.8 Å². The van der Waals surface area contributed by atoms with Gasteiger partial charge in [-0.1, -0.05) is 34.1 Å². The van der Waals surface area contributed by atoms with Gasteiger partial charge < -0.3 is 68.5 Å². The van der Waals surface area contributed by atoms with Crippen molar-refractivity contribution < 1.29 is 78.3 Å². The van der Waals surface area contributed by atoms with Gasteiger partial charge in [-0.25, -0.2) is 4.79 Å². The van der Waals surface area contributed by atoms with Gasteiger partial charge in [-0.15, -0.1) is 0 Å². The second-order valence-corrected chi connectivity index (χ2v) is 15.9. The fraction of sp³-hybridized carbons (Fsp3) is 0.703. The molecule has 0 heterocycles. The number of hydrogen-bond donors (Lipinski definition) is 13. The maximum atomic E-state index is 13.9. The average molecular weight is 907 g/mol. The van der Waals surface area contributed by atoms with Gasteiger partial charge in [0.1, 0.15) is 42.3 Å². The van der Waals surface area contributed by atoms with Crippen molar-refractivity contribution in [3.63, 3.8) is 0 Å². The van der Waals surface area contributed by atoms with Crippen LogP contribution in [0.15, 0.2) is 0 Å². The van der Waals surface area contributed by atoms with Crippen molar-refractivity contribution in [1.82, 2.24) is 37.2 Å². The zero-order valence-corrected chi connectivity index (χ0v) is 36.5. The Hall–Kier alpha value is -5.56. The molecule has 0 unspecified atom stereocenters. The molecular formula is C37H62N8O16S. The Morgan fingerprint density at radius 3 is 1.29 bits per heavy atom.